The molecule has 100 valence electrons. The third-order valence-corrected chi connectivity index (χ3v) is 4.02. The van der Waals surface area contributed by atoms with Crippen LogP contribution in [0.5, 0.6) is 0 Å². The van der Waals surface area contributed by atoms with Gasteiger partial charge in [0.25, 0.3) is 0 Å². The molecule has 0 aliphatic heterocycles. The van der Waals surface area contributed by atoms with Crippen LogP contribution < -0.4 is 5.32 Å². The normalized spacial score (nSPS) is 20.0. The molecule has 3 rings (SSSR count). The molecule has 0 amide bonds. The van der Waals surface area contributed by atoms with E-state index in [4.69, 9.17) is 9.15 Å². The number of hydrogen-bond donors (Lipinski definition) is 1. The van der Waals surface area contributed by atoms with Crippen molar-refractivity contribution in [3.05, 3.63) is 23.7 Å². The van der Waals surface area contributed by atoms with Gasteiger partial charge in [-0.15, -0.1) is 0 Å². The van der Waals surface area contributed by atoms with Crippen molar-refractivity contribution in [2.45, 2.75) is 57.7 Å². The Morgan fingerprint density at radius 3 is 2.89 bits per heavy atom. The van der Waals surface area contributed by atoms with Gasteiger partial charge < -0.3 is 14.5 Å². The minimum absolute atomic E-state index is 0.621. The molecule has 2 aliphatic rings. The van der Waals surface area contributed by atoms with Gasteiger partial charge in [0, 0.05) is 24.8 Å². The molecule has 0 atom stereocenters. The van der Waals surface area contributed by atoms with Gasteiger partial charge in [0.1, 0.15) is 12.4 Å². The predicted molar refractivity (Wildman–Crippen MR) is 70.2 cm³/mol. The van der Waals surface area contributed by atoms with E-state index >= 15 is 0 Å². The zero-order valence-electron chi connectivity index (χ0n) is 11.0. The summed E-state index contributed by atoms with van der Waals surface area (Å²) in [6.07, 6.45) is 9.95. The van der Waals surface area contributed by atoms with Gasteiger partial charge >= 0.3 is 0 Å². The van der Waals surface area contributed by atoms with Gasteiger partial charge in [-0.1, -0.05) is 19.3 Å². The van der Waals surface area contributed by atoms with Crippen molar-refractivity contribution >= 4 is 0 Å². The molecule has 1 heterocycles. The summed E-state index contributed by atoms with van der Waals surface area (Å²) in [5, 5.41) is 3.48. The highest BCUT2D eigenvalue weighted by molar-refractivity contribution is 5.12. The summed E-state index contributed by atoms with van der Waals surface area (Å²) < 4.78 is 11.2. The van der Waals surface area contributed by atoms with Crippen molar-refractivity contribution in [1.82, 2.24) is 5.32 Å². The Bertz CT molecular complexity index is 366. The first-order chi connectivity index (χ1) is 8.90. The quantitative estimate of drug-likeness (QED) is 0.718. The second-order valence-electron chi connectivity index (χ2n) is 5.71. The van der Waals surface area contributed by atoms with Gasteiger partial charge in [-0.2, -0.15) is 0 Å². The molecule has 0 saturated heterocycles. The number of hydrogen-bond acceptors (Lipinski definition) is 3. The highest BCUT2D eigenvalue weighted by atomic mass is 16.5. The molecule has 1 N–H and O–H groups in total. The standard InChI is InChI=1S/C15H23NO2/c1-2-12(3-1)6-7-17-11-15-8-13(10-18-15)9-16-14-4-5-14/h8,10,12,14,16H,1-7,9,11H2. The Hall–Kier alpha value is -0.800. The van der Waals surface area contributed by atoms with Gasteiger partial charge in [-0.05, 0) is 31.2 Å². The van der Waals surface area contributed by atoms with Crippen molar-refractivity contribution in [2.24, 2.45) is 5.92 Å². The maximum Gasteiger partial charge on any atom is 0.129 e. The molecule has 0 unspecified atom stereocenters. The van der Waals surface area contributed by atoms with Crippen LogP contribution in [-0.4, -0.2) is 12.6 Å². The molecule has 0 radical (unpaired) electrons. The predicted octanol–water partition coefficient (Wildman–Crippen LogP) is 3.24. The first-order valence-corrected chi connectivity index (χ1v) is 7.27. The van der Waals surface area contributed by atoms with Crippen molar-refractivity contribution in [3.63, 3.8) is 0 Å². The molecule has 0 spiro atoms. The highest BCUT2D eigenvalue weighted by Crippen LogP contribution is 2.29. The summed E-state index contributed by atoms with van der Waals surface area (Å²) in [6, 6.07) is 2.86. The van der Waals surface area contributed by atoms with E-state index < -0.39 is 0 Å². The second kappa shape index (κ2) is 5.89. The molecule has 18 heavy (non-hydrogen) atoms. The number of furan rings is 1. The summed E-state index contributed by atoms with van der Waals surface area (Å²) in [5.74, 6) is 1.89. The van der Waals surface area contributed by atoms with Gasteiger partial charge in [-0.3, -0.25) is 0 Å². The van der Waals surface area contributed by atoms with Crippen LogP contribution in [0.1, 0.15) is 49.8 Å². The molecular weight excluding hydrogens is 226 g/mol. The van der Waals surface area contributed by atoms with Gasteiger partial charge in [0.15, 0.2) is 0 Å². The van der Waals surface area contributed by atoms with E-state index in [1.54, 1.807) is 0 Å². The molecule has 1 aromatic heterocycles. The lowest BCUT2D eigenvalue weighted by molar-refractivity contribution is 0.0836. The van der Waals surface area contributed by atoms with E-state index in [1.807, 2.05) is 6.26 Å². The SMILES string of the molecule is c1oc(COCCC2CCC2)cc1CNC1CC1. The molecule has 3 nitrogen and oxygen atoms in total. The Morgan fingerprint density at radius 2 is 2.17 bits per heavy atom. The van der Waals surface area contributed by atoms with Gasteiger partial charge in [0.2, 0.25) is 0 Å². The van der Waals surface area contributed by atoms with Crippen LogP contribution in [0.3, 0.4) is 0 Å². The van der Waals surface area contributed by atoms with Gasteiger partial charge in [-0.25, -0.2) is 0 Å². The lowest BCUT2D eigenvalue weighted by atomic mass is 9.83. The molecule has 0 aromatic carbocycles. The van der Waals surface area contributed by atoms with Crippen molar-refractivity contribution in [3.8, 4) is 0 Å². The van der Waals surface area contributed by atoms with Crippen molar-refractivity contribution in [2.75, 3.05) is 6.61 Å². The van der Waals surface area contributed by atoms with E-state index in [9.17, 15) is 0 Å². The van der Waals surface area contributed by atoms with Crippen molar-refractivity contribution in [1.29, 1.82) is 0 Å². The fourth-order valence-corrected chi connectivity index (χ4v) is 2.35. The summed E-state index contributed by atoms with van der Waals surface area (Å²) in [5.41, 5.74) is 1.24. The van der Waals surface area contributed by atoms with E-state index in [-0.39, 0.29) is 0 Å². The van der Waals surface area contributed by atoms with Gasteiger partial charge in [0.05, 0.1) is 6.26 Å². The Morgan fingerprint density at radius 1 is 1.28 bits per heavy atom. The largest absolute Gasteiger partial charge is 0.467 e. The van der Waals surface area contributed by atoms with Crippen LogP contribution in [0.4, 0.5) is 0 Å². The first-order valence-electron chi connectivity index (χ1n) is 7.27. The average Bonchev–Trinajstić information content (AvgIpc) is 3.04. The highest BCUT2D eigenvalue weighted by Gasteiger charge is 2.20. The van der Waals surface area contributed by atoms with Crippen LogP contribution >= 0.6 is 0 Å². The summed E-state index contributed by atoms with van der Waals surface area (Å²) in [4.78, 5) is 0. The van der Waals surface area contributed by atoms with E-state index in [0.717, 1.165) is 30.9 Å². The second-order valence-corrected chi connectivity index (χ2v) is 5.71. The third kappa shape index (κ3) is 3.59. The first kappa shape index (κ1) is 12.2. The zero-order chi connectivity index (χ0) is 12.2. The average molecular weight is 249 g/mol. The maximum atomic E-state index is 5.66. The lowest BCUT2D eigenvalue weighted by Crippen LogP contribution is -2.14. The Labute approximate surface area is 109 Å². The minimum Gasteiger partial charge on any atom is -0.467 e. The summed E-state index contributed by atoms with van der Waals surface area (Å²) in [7, 11) is 0. The zero-order valence-corrected chi connectivity index (χ0v) is 11.0. The van der Waals surface area contributed by atoms with Crippen LogP contribution in [0.15, 0.2) is 16.7 Å². The Balaban J connectivity index is 1.31. The Kier molecular flexibility index (Phi) is 4.01. The number of nitrogens with one attached hydrogen (secondary N) is 1. The fraction of sp³-hybridized carbons (Fsp3) is 0.733. The third-order valence-electron chi connectivity index (χ3n) is 4.02. The minimum atomic E-state index is 0.621. The summed E-state index contributed by atoms with van der Waals surface area (Å²) >= 11 is 0. The number of ether oxygens (including phenoxy) is 1. The molecule has 2 aliphatic carbocycles. The molecule has 0 bridgehead atoms. The molecule has 2 fully saturated rings. The van der Waals surface area contributed by atoms with E-state index in [2.05, 4.69) is 11.4 Å². The maximum absolute atomic E-state index is 5.66. The van der Waals surface area contributed by atoms with E-state index in [1.165, 1.54) is 44.1 Å². The fourth-order valence-electron chi connectivity index (χ4n) is 2.35. The molecule has 2 saturated carbocycles. The van der Waals surface area contributed by atoms with Crippen LogP contribution in [0, 0.1) is 5.92 Å². The summed E-state index contributed by atoms with van der Waals surface area (Å²) in [6.45, 7) is 2.42. The van der Waals surface area contributed by atoms with Crippen LogP contribution in [0.2, 0.25) is 0 Å². The number of rotatable bonds is 8. The molecule has 3 heteroatoms. The smallest absolute Gasteiger partial charge is 0.129 e. The van der Waals surface area contributed by atoms with E-state index in [0.29, 0.717) is 6.61 Å². The monoisotopic (exact) mass is 249 g/mol. The molecule has 1 aromatic rings. The topological polar surface area (TPSA) is 34.4 Å². The lowest BCUT2D eigenvalue weighted by Gasteiger charge is -2.24. The van der Waals surface area contributed by atoms with Crippen LogP contribution in [0.25, 0.3) is 0 Å². The molecular formula is C15H23NO2. The van der Waals surface area contributed by atoms with Crippen LogP contribution in [-0.2, 0) is 17.9 Å². The van der Waals surface area contributed by atoms with Crippen molar-refractivity contribution < 1.29 is 9.15 Å².